The molecule has 9 heteroatoms. The van der Waals surface area contributed by atoms with Crippen LogP contribution in [-0.4, -0.2) is 43.3 Å². The van der Waals surface area contributed by atoms with Crippen molar-refractivity contribution < 1.29 is 9.59 Å². The Morgan fingerprint density at radius 3 is 2.80 bits per heavy atom. The summed E-state index contributed by atoms with van der Waals surface area (Å²) >= 11 is 0. The maximum atomic E-state index is 13.2. The number of rotatable bonds is 6. The standard InChI is InChI=1S/C21H25N7O2/c1-12(2)28-10-18(17-9-23-11-24-21(17)28)20(30)14-5-16(8-22-7-14)25-19(29)6-15-4-13(3)26-27-15/h5,7-13,15,26-27H,4,6H2,1-3H3,(H,25,29). The van der Waals surface area contributed by atoms with Gasteiger partial charge in [0.2, 0.25) is 5.91 Å². The Morgan fingerprint density at radius 2 is 2.07 bits per heavy atom. The van der Waals surface area contributed by atoms with Gasteiger partial charge < -0.3 is 9.88 Å². The van der Waals surface area contributed by atoms with Crippen LogP contribution in [0.1, 0.15) is 55.6 Å². The van der Waals surface area contributed by atoms with Crippen molar-refractivity contribution in [3.05, 3.63) is 48.3 Å². The molecule has 0 aromatic carbocycles. The molecule has 3 N–H and O–H groups in total. The van der Waals surface area contributed by atoms with Crippen LogP contribution in [0.15, 0.2) is 37.2 Å². The smallest absolute Gasteiger partial charge is 0.226 e. The van der Waals surface area contributed by atoms with Gasteiger partial charge >= 0.3 is 0 Å². The Morgan fingerprint density at radius 1 is 1.23 bits per heavy atom. The number of fused-ring (bicyclic) bond motifs is 1. The van der Waals surface area contributed by atoms with Gasteiger partial charge in [-0.1, -0.05) is 0 Å². The van der Waals surface area contributed by atoms with Crippen molar-refractivity contribution in [1.29, 1.82) is 0 Å². The number of pyridine rings is 1. The highest BCUT2D eigenvalue weighted by molar-refractivity contribution is 6.16. The number of amides is 1. The highest BCUT2D eigenvalue weighted by atomic mass is 16.1. The van der Waals surface area contributed by atoms with Gasteiger partial charge in [-0.3, -0.25) is 25.4 Å². The van der Waals surface area contributed by atoms with Crippen LogP contribution >= 0.6 is 0 Å². The van der Waals surface area contributed by atoms with Crippen molar-refractivity contribution in [1.82, 2.24) is 30.4 Å². The number of nitrogens with zero attached hydrogens (tertiary/aromatic N) is 4. The fourth-order valence-corrected chi connectivity index (χ4v) is 3.73. The largest absolute Gasteiger partial charge is 0.329 e. The van der Waals surface area contributed by atoms with Crippen LogP contribution in [0, 0.1) is 0 Å². The summed E-state index contributed by atoms with van der Waals surface area (Å²) in [5.74, 6) is -0.312. The Labute approximate surface area is 174 Å². The molecular formula is C21H25N7O2. The van der Waals surface area contributed by atoms with Gasteiger partial charge in [-0.05, 0) is 33.3 Å². The number of carbonyl (C=O) groups excluding carboxylic acids is 2. The minimum Gasteiger partial charge on any atom is -0.329 e. The van der Waals surface area contributed by atoms with E-state index in [2.05, 4.69) is 38.0 Å². The Kier molecular flexibility index (Phi) is 5.56. The second kappa shape index (κ2) is 8.29. The van der Waals surface area contributed by atoms with Crippen LogP contribution in [0.4, 0.5) is 5.69 Å². The van der Waals surface area contributed by atoms with E-state index in [1.54, 1.807) is 18.5 Å². The van der Waals surface area contributed by atoms with Gasteiger partial charge in [0.15, 0.2) is 5.78 Å². The van der Waals surface area contributed by atoms with Crippen molar-refractivity contribution in [3.8, 4) is 0 Å². The molecule has 1 saturated heterocycles. The normalized spacial score (nSPS) is 18.8. The second-order valence-electron chi connectivity index (χ2n) is 7.97. The molecule has 1 aliphatic rings. The van der Waals surface area contributed by atoms with E-state index in [4.69, 9.17) is 0 Å². The number of hydrogen-bond acceptors (Lipinski definition) is 7. The summed E-state index contributed by atoms with van der Waals surface area (Å²) in [5, 5.41) is 3.53. The first-order valence-electron chi connectivity index (χ1n) is 10.0. The van der Waals surface area contributed by atoms with Crippen LogP contribution in [0.3, 0.4) is 0 Å². The highest BCUT2D eigenvalue weighted by Crippen LogP contribution is 2.25. The van der Waals surface area contributed by atoms with Crippen molar-refractivity contribution in [2.24, 2.45) is 0 Å². The van der Waals surface area contributed by atoms with Crippen LogP contribution in [0.2, 0.25) is 0 Å². The maximum absolute atomic E-state index is 13.2. The number of aromatic nitrogens is 4. The number of nitrogens with one attached hydrogen (secondary N) is 3. The predicted molar refractivity (Wildman–Crippen MR) is 113 cm³/mol. The Balaban J connectivity index is 1.55. The molecule has 4 heterocycles. The zero-order valence-corrected chi connectivity index (χ0v) is 17.2. The molecule has 0 radical (unpaired) electrons. The molecule has 0 saturated carbocycles. The molecule has 3 aromatic rings. The molecule has 0 bridgehead atoms. The number of hydrogen-bond donors (Lipinski definition) is 3. The van der Waals surface area contributed by atoms with Crippen LogP contribution in [0.25, 0.3) is 11.0 Å². The summed E-state index contributed by atoms with van der Waals surface area (Å²) in [6.07, 6.45) is 9.20. The predicted octanol–water partition coefficient (Wildman–Crippen LogP) is 2.22. The zero-order chi connectivity index (χ0) is 21.3. The van der Waals surface area contributed by atoms with E-state index in [0.29, 0.717) is 40.3 Å². The van der Waals surface area contributed by atoms with Gasteiger partial charge in [-0.2, -0.15) is 0 Å². The van der Waals surface area contributed by atoms with E-state index in [1.807, 2.05) is 18.4 Å². The number of hydrazine groups is 1. The van der Waals surface area contributed by atoms with Gasteiger partial charge in [-0.25, -0.2) is 9.97 Å². The van der Waals surface area contributed by atoms with Gasteiger partial charge in [0.1, 0.15) is 12.0 Å². The summed E-state index contributed by atoms with van der Waals surface area (Å²) in [5.41, 5.74) is 8.33. The fraction of sp³-hybridized carbons (Fsp3) is 0.381. The fourth-order valence-electron chi connectivity index (χ4n) is 3.73. The summed E-state index contributed by atoms with van der Waals surface area (Å²) in [7, 11) is 0. The first kappa shape index (κ1) is 20.1. The molecule has 1 fully saturated rings. The van der Waals surface area contributed by atoms with Crippen molar-refractivity contribution in [2.45, 2.75) is 51.7 Å². The molecule has 4 rings (SSSR count). The molecule has 1 amide bonds. The van der Waals surface area contributed by atoms with Crippen molar-refractivity contribution in [2.75, 3.05) is 5.32 Å². The lowest BCUT2D eigenvalue weighted by molar-refractivity contribution is -0.116. The molecule has 1 aliphatic heterocycles. The monoisotopic (exact) mass is 407 g/mol. The van der Waals surface area contributed by atoms with E-state index >= 15 is 0 Å². The molecule has 0 spiro atoms. The summed E-state index contributed by atoms with van der Waals surface area (Å²) < 4.78 is 1.95. The molecule has 2 unspecified atom stereocenters. The highest BCUT2D eigenvalue weighted by Gasteiger charge is 2.23. The third-order valence-electron chi connectivity index (χ3n) is 5.18. The van der Waals surface area contributed by atoms with E-state index in [9.17, 15) is 9.59 Å². The molecule has 30 heavy (non-hydrogen) atoms. The van der Waals surface area contributed by atoms with Crippen molar-refractivity contribution in [3.63, 3.8) is 0 Å². The Hall–Kier alpha value is -3.17. The minimum atomic E-state index is -0.187. The van der Waals surface area contributed by atoms with Crippen LogP contribution < -0.4 is 16.2 Å². The molecular weight excluding hydrogens is 382 g/mol. The molecule has 156 valence electrons. The lowest BCUT2D eigenvalue weighted by Gasteiger charge is -2.10. The lowest BCUT2D eigenvalue weighted by atomic mass is 10.1. The van der Waals surface area contributed by atoms with E-state index < -0.39 is 0 Å². The first-order valence-corrected chi connectivity index (χ1v) is 10.0. The average Bonchev–Trinajstić information content (AvgIpc) is 3.31. The summed E-state index contributed by atoms with van der Waals surface area (Å²) in [6, 6.07) is 2.22. The second-order valence-corrected chi connectivity index (χ2v) is 7.97. The van der Waals surface area contributed by atoms with Crippen LogP contribution in [0.5, 0.6) is 0 Å². The number of anilines is 1. The lowest BCUT2D eigenvalue weighted by Crippen LogP contribution is -2.34. The van der Waals surface area contributed by atoms with Gasteiger partial charge in [-0.15, -0.1) is 0 Å². The van der Waals surface area contributed by atoms with E-state index in [1.165, 1.54) is 18.7 Å². The minimum absolute atomic E-state index is 0.0833. The summed E-state index contributed by atoms with van der Waals surface area (Å²) in [6.45, 7) is 6.12. The molecule has 0 aliphatic carbocycles. The van der Waals surface area contributed by atoms with Crippen LogP contribution in [-0.2, 0) is 4.79 Å². The van der Waals surface area contributed by atoms with Crippen molar-refractivity contribution >= 4 is 28.4 Å². The third kappa shape index (κ3) is 4.07. The molecule has 9 nitrogen and oxygen atoms in total. The van der Waals surface area contributed by atoms with Gasteiger partial charge in [0.25, 0.3) is 0 Å². The van der Waals surface area contributed by atoms with E-state index in [0.717, 1.165) is 6.42 Å². The number of carbonyl (C=O) groups is 2. The average molecular weight is 407 g/mol. The maximum Gasteiger partial charge on any atom is 0.226 e. The van der Waals surface area contributed by atoms with Gasteiger partial charge in [0.05, 0.1) is 17.4 Å². The Bertz CT molecular complexity index is 1090. The number of ketones is 1. The zero-order valence-electron chi connectivity index (χ0n) is 17.2. The van der Waals surface area contributed by atoms with E-state index in [-0.39, 0.29) is 23.8 Å². The SMILES string of the molecule is CC1CC(CC(=O)Nc2cncc(C(=O)c3cn(C(C)C)c4ncncc34)c2)NN1. The topological polar surface area (TPSA) is 114 Å². The third-order valence-corrected chi connectivity index (χ3v) is 5.18. The van der Waals surface area contributed by atoms with Gasteiger partial charge in [0, 0.05) is 54.1 Å². The molecule has 3 aromatic heterocycles. The first-order chi connectivity index (χ1) is 14.4. The summed E-state index contributed by atoms with van der Waals surface area (Å²) in [4.78, 5) is 38.1. The molecule has 2 atom stereocenters. The quantitative estimate of drug-likeness (QED) is 0.537.